The third kappa shape index (κ3) is 9.65. The molecule has 1 aromatic carbocycles. The molecular formula is C24H43N3O3. The van der Waals surface area contributed by atoms with Crippen LogP contribution in [0, 0.1) is 0 Å². The number of aliphatic hydroxyl groups excluding tert-OH is 1. The lowest BCUT2D eigenvalue weighted by atomic mass is 10.1. The summed E-state index contributed by atoms with van der Waals surface area (Å²) in [6, 6.07) is 6.10. The van der Waals surface area contributed by atoms with Crippen LogP contribution in [-0.4, -0.2) is 93.5 Å². The predicted molar refractivity (Wildman–Crippen MR) is 124 cm³/mol. The van der Waals surface area contributed by atoms with E-state index in [2.05, 4.69) is 41.9 Å². The standard InChI is InChI=1S/C24H43N3O3/c1-25(2)13-10-14-26(3)18-21-11-12-23(24(17-21)29-4)30-20-22(28)19-27-15-8-6-5-7-9-16-27/h11-12,17,22,28H,5-10,13-16,18-20H2,1-4H3/t22-/m1/s1. The molecule has 0 aromatic heterocycles. The first kappa shape index (κ1) is 24.9. The molecule has 1 heterocycles. The molecule has 1 aromatic rings. The molecule has 0 aliphatic carbocycles. The predicted octanol–water partition coefficient (Wildman–Crippen LogP) is 3.08. The van der Waals surface area contributed by atoms with Gasteiger partial charge in [0.2, 0.25) is 0 Å². The minimum Gasteiger partial charge on any atom is -0.493 e. The first-order valence-electron chi connectivity index (χ1n) is 11.5. The minimum absolute atomic E-state index is 0.288. The van der Waals surface area contributed by atoms with Gasteiger partial charge in [0.25, 0.3) is 0 Å². The van der Waals surface area contributed by atoms with Gasteiger partial charge in [-0.25, -0.2) is 0 Å². The summed E-state index contributed by atoms with van der Waals surface area (Å²) in [4.78, 5) is 6.91. The SMILES string of the molecule is COc1cc(CN(C)CCCN(C)C)ccc1OC[C@H](O)CN1CCCCCCC1. The van der Waals surface area contributed by atoms with Crippen LogP contribution in [0.3, 0.4) is 0 Å². The first-order chi connectivity index (χ1) is 14.5. The Kier molecular flexibility index (Phi) is 11.5. The number of aliphatic hydroxyl groups is 1. The van der Waals surface area contributed by atoms with Crippen molar-refractivity contribution in [2.24, 2.45) is 0 Å². The molecule has 0 unspecified atom stereocenters. The Labute approximate surface area is 183 Å². The second kappa shape index (κ2) is 13.9. The molecule has 0 spiro atoms. The van der Waals surface area contributed by atoms with E-state index in [0.29, 0.717) is 12.3 Å². The summed E-state index contributed by atoms with van der Waals surface area (Å²) < 4.78 is 11.5. The average molecular weight is 422 g/mol. The van der Waals surface area contributed by atoms with Crippen LogP contribution >= 0.6 is 0 Å². The van der Waals surface area contributed by atoms with Crippen LogP contribution in [0.25, 0.3) is 0 Å². The largest absolute Gasteiger partial charge is 0.493 e. The highest BCUT2D eigenvalue weighted by molar-refractivity contribution is 5.43. The first-order valence-corrected chi connectivity index (χ1v) is 11.5. The Hall–Kier alpha value is -1.34. The molecule has 1 N–H and O–H groups in total. The number of β-amino-alcohol motifs (C(OH)–C–C–N with tert-alkyl or cyclic N) is 1. The lowest BCUT2D eigenvalue weighted by Crippen LogP contribution is -2.37. The third-order valence-electron chi connectivity index (χ3n) is 5.67. The van der Waals surface area contributed by atoms with Crippen LogP contribution in [0.4, 0.5) is 0 Å². The van der Waals surface area contributed by atoms with E-state index in [4.69, 9.17) is 9.47 Å². The van der Waals surface area contributed by atoms with Gasteiger partial charge in [-0.3, -0.25) is 0 Å². The summed E-state index contributed by atoms with van der Waals surface area (Å²) in [7, 11) is 8.03. The number of hydrogen-bond donors (Lipinski definition) is 1. The van der Waals surface area contributed by atoms with Crippen LogP contribution in [0.5, 0.6) is 11.5 Å². The van der Waals surface area contributed by atoms with Gasteiger partial charge in [0, 0.05) is 13.1 Å². The molecular weight excluding hydrogens is 378 g/mol. The number of benzene rings is 1. The Morgan fingerprint density at radius 2 is 1.70 bits per heavy atom. The van der Waals surface area contributed by atoms with Crippen LogP contribution in [0.1, 0.15) is 44.1 Å². The maximum absolute atomic E-state index is 10.5. The number of rotatable bonds is 12. The number of methoxy groups -OCH3 is 1. The molecule has 0 radical (unpaired) electrons. The van der Waals surface area contributed by atoms with E-state index >= 15 is 0 Å². The summed E-state index contributed by atoms with van der Waals surface area (Å²) in [5.74, 6) is 1.43. The monoisotopic (exact) mass is 421 g/mol. The van der Waals surface area contributed by atoms with Gasteiger partial charge in [-0.2, -0.15) is 0 Å². The second-order valence-corrected chi connectivity index (χ2v) is 8.91. The summed E-state index contributed by atoms with van der Waals surface area (Å²) >= 11 is 0. The van der Waals surface area contributed by atoms with Crippen LogP contribution in [-0.2, 0) is 6.54 Å². The third-order valence-corrected chi connectivity index (χ3v) is 5.67. The van der Waals surface area contributed by atoms with Crippen molar-refractivity contribution in [3.63, 3.8) is 0 Å². The average Bonchev–Trinajstić information content (AvgIpc) is 2.68. The summed E-state index contributed by atoms with van der Waals surface area (Å²) in [6.45, 7) is 6.16. The molecule has 0 saturated carbocycles. The topological polar surface area (TPSA) is 48.4 Å². The Bertz CT molecular complexity index is 589. The lowest BCUT2D eigenvalue weighted by molar-refractivity contribution is 0.0645. The zero-order chi connectivity index (χ0) is 21.8. The molecule has 0 amide bonds. The van der Waals surface area contributed by atoms with Crippen molar-refractivity contribution in [3.05, 3.63) is 23.8 Å². The van der Waals surface area contributed by atoms with Gasteiger partial charge in [0.05, 0.1) is 7.11 Å². The fourth-order valence-electron chi connectivity index (χ4n) is 4.01. The summed E-state index contributed by atoms with van der Waals surface area (Å²) in [5, 5.41) is 10.5. The minimum atomic E-state index is -0.489. The van der Waals surface area contributed by atoms with E-state index in [-0.39, 0.29) is 6.61 Å². The van der Waals surface area contributed by atoms with E-state index < -0.39 is 6.10 Å². The Morgan fingerprint density at radius 3 is 2.37 bits per heavy atom. The van der Waals surface area contributed by atoms with Crippen molar-refractivity contribution in [2.75, 3.05) is 67.6 Å². The zero-order valence-electron chi connectivity index (χ0n) is 19.6. The van der Waals surface area contributed by atoms with Gasteiger partial charge < -0.3 is 29.3 Å². The number of ether oxygens (including phenoxy) is 2. The van der Waals surface area contributed by atoms with Crippen LogP contribution < -0.4 is 9.47 Å². The van der Waals surface area contributed by atoms with Crippen molar-refractivity contribution >= 4 is 0 Å². The molecule has 6 heteroatoms. The molecule has 6 nitrogen and oxygen atoms in total. The van der Waals surface area contributed by atoms with E-state index in [1.165, 1.54) is 37.7 Å². The van der Waals surface area contributed by atoms with Crippen molar-refractivity contribution in [1.82, 2.24) is 14.7 Å². The summed E-state index contributed by atoms with van der Waals surface area (Å²) in [6.07, 6.45) is 7.07. The Balaban J connectivity index is 1.80. The number of likely N-dealkylation sites (tertiary alicyclic amines) is 1. The van der Waals surface area contributed by atoms with E-state index in [1.54, 1.807) is 7.11 Å². The van der Waals surface area contributed by atoms with Gasteiger partial charge in [0.15, 0.2) is 11.5 Å². The molecule has 2 rings (SSSR count). The lowest BCUT2D eigenvalue weighted by Gasteiger charge is -2.26. The fourth-order valence-corrected chi connectivity index (χ4v) is 4.01. The smallest absolute Gasteiger partial charge is 0.161 e. The van der Waals surface area contributed by atoms with Crippen molar-refractivity contribution in [1.29, 1.82) is 0 Å². The quantitative estimate of drug-likeness (QED) is 0.560. The molecule has 1 aliphatic heterocycles. The highest BCUT2D eigenvalue weighted by Crippen LogP contribution is 2.28. The fraction of sp³-hybridized carbons (Fsp3) is 0.750. The highest BCUT2D eigenvalue weighted by Gasteiger charge is 2.15. The highest BCUT2D eigenvalue weighted by atomic mass is 16.5. The van der Waals surface area contributed by atoms with Gasteiger partial charge in [0.1, 0.15) is 12.7 Å². The number of hydrogen-bond acceptors (Lipinski definition) is 6. The zero-order valence-corrected chi connectivity index (χ0v) is 19.6. The van der Waals surface area contributed by atoms with E-state index in [0.717, 1.165) is 44.9 Å². The van der Waals surface area contributed by atoms with E-state index in [1.807, 2.05) is 12.1 Å². The molecule has 1 fully saturated rings. The van der Waals surface area contributed by atoms with Crippen LogP contribution in [0.15, 0.2) is 18.2 Å². The van der Waals surface area contributed by atoms with Gasteiger partial charge in [-0.1, -0.05) is 25.3 Å². The van der Waals surface area contributed by atoms with Gasteiger partial charge in [-0.05, 0) is 84.3 Å². The van der Waals surface area contributed by atoms with Crippen LogP contribution in [0.2, 0.25) is 0 Å². The second-order valence-electron chi connectivity index (χ2n) is 8.91. The molecule has 1 saturated heterocycles. The normalized spacial score (nSPS) is 17.0. The molecule has 0 bridgehead atoms. The Morgan fingerprint density at radius 1 is 1.00 bits per heavy atom. The van der Waals surface area contributed by atoms with E-state index in [9.17, 15) is 5.11 Å². The molecule has 1 atom stereocenters. The molecule has 30 heavy (non-hydrogen) atoms. The molecule has 1 aliphatic rings. The van der Waals surface area contributed by atoms with Crippen molar-refractivity contribution in [2.45, 2.75) is 51.2 Å². The maximum atomic E-state index is 10.5. The van der Waals surface area contributed by atoms with Crippen molar-refractivity contribution < 1.29 is 14.6 Å². The van der Waals surface area contributed by atoms with Crippen molar-refractivity contribution in [3.8, 4) is 11.5 Å². The summed E-state index contributed by atoms with van der Waals surface area (Å²) in [5.41, 5.74) is 1.20. The van der Waals surface area contributed by atoms with Gasteiger partial charge in [-0.15, -0.1) is 0 Å². The maximum Gasteiger partial charge on any atom is 0.161 e. The molecule has 172 valence electrons. The van der Waals surface area contributed by atoms with Gasteiger partial charge >= 0.3 is 0 Å². The number of nitrogens with zero attached hydrogens (tertiary/aromatic N) is 3.